The number of hydrogen-bond donors (Lipinski definition) is 2. The van der Waals surface area contributed by atoms with Crippen molar-refractivity contribution < 1.29 is 14.4 Å². The van der Waals surface area contributed by atoms with Crippen LogP contribution >= 0.6 is 6.24 Å². The monoisotopic (exact) mass is 139 g/mol. The maximum absolute atomic E-state index is 9.39. The first kappa shape index (κ1) is 10.6. The Morgan fingerprint density at radius 1 is 1.57 bits per heavy atom. The summed E-state index contributed by atoms with van der Waals surface area (Å²) in [5, 5.41) is 0. The standard InChI is InChI=1S/C2H5.Al.HO3P.2H/c1-2;;1-4(2)3;;/h1H2,2H3;;(H-,1,2,3);;/q;-1;;;/p+1. The van der Waals surface area contributed by atoms with Gasteiger partial charge in [0.25, 0.3) is 0 Å². The SMILES string of the molecule is O=[P](O)(O)[AlH2].[CH2]C. The molecule has 0 aromatic carbocycles. The Morgan fingerprint density at radius 3 is 1.57 bits per heavy atom. The molecule has 0 fully saturated rings. The van der Waals surface area contributed by atoms with Crippen molar-refractivity contribution in [3.05, 3.63) is 6.92 Å². The normalized spacial score (nSPS) is 9.14. The molecule has 0 heterocycles. The van der Waals surface area contributed by atoms with Crippen LogP contribution in [0.1, 0.15) is 6.92 Å². The minimum atomic E-state index is -3.50. The molecule has 0 saturated carbocycles. The Labute approximate surface area is 50.9 Å². The molecular formula is C2H9AlO3P. The van der Waals surface area contributed by atoms with Crippen LogP contribution in [0.25, 0.3) is 0 Å². The third-order valence-corrected chi connectivity index (χ3v) is 0. The smallest absolute Gasteiger partial charge is 0.340 e. The van der Waals surface area contributed by atoms with Crippen molar-refractivity contribution in [3.63, 3.8) is 0 Å². The first-order chi connectivity index (χ1) is 3.00. The summed E-state index contributed by atoms with van der Waals surface area (Å²) in [6.45, 7) is 5.00. The second-order valence-electron chi connectivity index (χ2n) is 0.835. The zero-order valence-corrected chi connectivity index (χ0v) is 7.35. The topological polar surface area (TPSA) is 57.5 Å². The summed E-state index contributed by atoms with van der Waals surface area (Å²) >= 11 is -0.0255. The van der Waals surface area contributed by atoms with Crippen LogP contribution in [0, 0.1) is 6.92 Å². The van der Waals surface area contributed by atoms with E-state index in [9.17, 15) is 4.57 Å². The second kappa shape index (κ2) is 4.83. The highest BCUT2D eigenvalue weighted by Crippen LogP contribution is 2.24. The van der Waals surface area contributed by atoms with Gasteiger partial charge in [-0.25, -0.2) is 0 Å². The van der Waals surface area contributed by atoms with Gasteiger partial charge in [0.1, 0.15) is 0 Å². The van der Waals surface area contributed by atoms with E-state index in [1.165, 1.54) is 0 Å². The Hall–Kier alpha value is 0.682. The quantitative estimate of drug-likeness (QED) is 0.353. The van der Waals surface area contributed by atoms with E-state index in [4.69, 9.17) is 9.79 Å². The van der Waals surface area contributed by atoms with Crippen molar-refractivity contribution >= 4 is 22.1 Å². The van der Waals surface area contributed by atoms with E-state index in [1.54, 1.807) is 6.92 Å². The molecule has 0 atom stereocenters. The summed E-state index contributed by atoms with van der Waals surface area (Å²) in [4.78, 5) is 15.4. The lowest BCUT2D eigenvalue weighted by molar-refractivity contribution is 0.395. The number of hydrogen-bond acceptors (Lipinski definition) is 1. The number of rotatable bonds is 0. The molecule has 0 aromatic heterocycles. The van der Waals surface area contributed by atoms with Gasteiger partial charge in [0.15, 0.2) is 0 Å². The van der Waals surface area contributed by atoms with Crippen LogP contribution < -0.4 is 0 Å². The molecule has 0 aromatic rings. The predicted molar refractivity (Wildman–Crippen MR) is 31.6 cm³/mol. The van der Waals surface area contributed by atoms with Gasteiger partial charge in [0.05, 0.1) is 0 Å². The van der Waals surface area contributed by atoms with Gasteiger partial charge in [0, 0.05) is 0 Å². The van der Waals surface area contributed by atoms with Gasteiger partial charge in [-0.2, -0.15) is 0 Å². The lowest BCUT2D eigenvalue weighted by atomic mass is 11.0. The fraction of sp³-hybridized carbons (Fsp3) is 0.500. The second-order valence-corrected chi connectivity index (χ2v) is 6.00. The molecule has 0 unspecified atom stereocenters. The predicted octanol–water partition coefficient (Wildman–Crippen LogP) is -0.447. The van der Waals surface area contributed by atoms with E-state index in [0.717, 1.165) is 0 Å². The first-order valence-electron chi connectivity index (χ1n) is 1.74. The van der Waals surface area contributed by atoms with Crippen molar-refractivity contribution in [1.82, 2.24) is 0 Å². The fourth-order valence-electron chi connectivity index (χ4n) is 0. The highest BCUT2D eigenvalue weighted by molar-refractivity contribution is 7.77. The van der Waals surface area contributed by atoms with E-state index in [1.807, 2.05) is 0 Å². The summed E-state index contributed by atoms with van der Waals surface area (Å²) in [7, 11) is 0. The lowest BCUT2D eigenvalue weighted by Gasteiger charge is -1.86. The van der Waals surface area contributed by atoms with Crippen LogP contribution in [0.15, 0.2) is 0 Å². The third-order valence-electron chi connectivity index (χ3n) is 0. The maximum atomic E-state index is 9.39. The highest BCUT2D eigenvalue weighted by atomic mass is 31.4. The molecule has 5 heteroatoms. The van der Waals surface area contributed by atoms with Crippen molar-refractivity contribution in [2.24, 2.45) is 0 Å². The van der Waals surface area contributed by atoms with Crippen molar-refractivity contribution in [3.8, 4) is 0 Å². The largest absolute Gasteiger partial charge is 0.403 e. The van der Waals surface area contributed by atoms with Crippen LogP contribution in [-0.2, 0) is 4.57 Å². The lowest BCUT2D eigenvalue weighted by Crippen LogP contribution is -1.67. The zero-order valence-electron chi connectivity index (χ0n) is 4.46. The average molecular weight is 139 g/mol. The van der Waals surface area contributed by atoms with Crippen molar-refractivity contribution in [2.75, 3.05) is 0 Å². The van der Waals surface area contributed by atoms with E-state index >= 15 is 0 Å². The van der Waals surface area contributed by atoms with Gasteiger partial charge in [-0.1, -0.05) is 13.8 Å². The summed E-state index contributed by atoms with van der Waals surface area (Å²) in [6, 6.07) is 0. The Morgan fingerprint density at radius 2 is 1.57 bits per heavy atom. The van der Waals surface area contributed by atoms with Crippen LogP contribution in [0.5, 0.6) is 0 Å². The van der Waals surface area contributed by atoms with Crippen LogP contribution in [0.4, 0.5) is 0 Å². The van der Waals surface area contributed by atoms with Gasteiger partial charge in [-0.15, -0.1) is 0 Å². The van der Waals surface area contributed by atoms with E-state index in [2.05, 4.69) is 6.92 Å². The minimum Gasteiger partial charge on any atom is -0.340 e. The molecule has 7 heavy (non-hydrogen) atoms. The highest BCUT2D eigenvalue weighted by Gasteiger charge is 1.95. The molecule has 0 rings (SSSR count). The molecule has 3 nitrogen and oxygen atoms in total. The van der Waals surface area contributed by atoms with Gasteiger partial charge in [0.2, 0.25) is 6.24 Å². The molecule has 2 N–H and O–H groups in total. The molecule has 0 amide bonds. The first-order valence-corrected chi connectivity index (χ1v) is 6.48. The molecular weight excluding hydrogens is 130 g/mol. The molecule has 0 bridgehead atoms. The van der Waals surface area contributed by atoms with Gasteiger partial charge in [-0.3, -0.25) is 4.57 Å². The maximum Gasteiger partial charge on any atom is 0.403 e. The molecule has 0 aliphatic rings. The molecule has 0 aliphatic heterocycles. The fourth-order valence-corrected chi connectivity index (χ4v) is 0. The molecule has 0 spiro atoms. The van der Waals surface area contributed by atoms with E-state index < -0.39 is 6.24 Å². The van der Waals surface area contributed by atoms with E-state index in [0.29, 0.717) is 0 Å². The molecule has 1 radical (unpaired) electrons. The molecule has 0 saturated heterocycles. The zero-order chi connectivity index (χ0) is 6.50. The van der Waals surface area contributed by atoms with Crippen molar-refractivity contribution in [2.45, 2.75) is 6.92 Å². The van der Waals surface area contributed by atoms with Crippen molar-refractivity contribution in [1.29, 1.82) is 0 Å². The molecule has 0 aliphatic carbocycles. The summed E-state index contributed by atoms with van der Waals surface area (Å²) in [5.41, 5.74) is 0. The van der Waals surface area contributed by atoms with Crippen LogP contribution in [0.2, 0.25) is 0 Å². The summed E-state index contributed by atoms with van der Waals surface area (Å²) in [5.74, 6) is 0. The van der Waals surface area contributed by atoms with Crippen LogP contribution in [0.3, 0.4) is 0 Å². The Kier molecular flexibility index (Phi) is 7.33. The Balaban J connectivity index is 0. The van der Waals surface area contributed by atoms with Gasteiger partial charge < -0.3 is 9.79 Å². The van der Waals surface area contributed by atoms with Gasteiger partial charge >= 0.3 is 15.8 Å². The molecule has 43 valence electrons. The minimum absolute atomic E-state index is 0.0255. The van der Waals surface area contributed by atoms with Crippen LogP contribution in [-0.4, -0.2) is 25.6 Å². The summed E-state index contributed by atoms with van der Waals surface area (Å²) in [6.07, 6.45) is -3.50. The third kappa shape index (κ3) is 315. The van der Waals surface area contributed by atoms with E-state index in [-0.39, 0.29) is 15.8 Å². The summed E-state index contributed by atoms with van der Waals surface area (Å²) < 4.78 is 9.39. The average Bonchev–Trinajstić information content (AvgIpc) is 1.36. The van der Waals surface area contributed by atoms with Gasteiger partial charge in [-0.05, 0) is 0 Å². The Bertz CT molecular complexity index is 59.1.